The highest BCUT2D eigenvalue weighted by Crippen LogP contribution is 2.23. The highest BCUT2D eigenvalue weighted by Gasteiger charge is 2.33. The van der Waals surface area contributed by atoms with Crippen LogP contribution < -0.4 is 49.2 Å². The zero-order chi connectivity index (χ0) is 109. The number of halogens is 2. The van der Waals surface area contributed by atoms with Crippen LogP contribution in [0.1, 0.15) is 477 Å². The lowest BCUT2D eigenvalue weighted by molar-refractivity contribution is -0.174. The first-order chi connectivity index (χ1) is 68.3. The normalized spacial score (nSPS) is 12.5. The molecule has 0 aromatic heterocycles. The molecule has 0 unspecified atom stereocenters. The van der Waals surface area contributed by atoms with Crippen molar-refractivity contribution in [3.05, 3.63) is 106 Å². The van der Waals surface area contributed by atoms with Gasteiger partial charge >= 0.3 is 23.9 Å². The SMILES string of the molecule is CC(C)C[C@@H](ONC(=O)c1cccc(C(=O)NO[C@H](CC(C)C)C(=O)O)c1)C(=O)O.CC(C)C[C@@H](ONC(=O)c1cccc(C(=O)NO[C@H](CC(C)C)C(=O)OC(C)(C)C)c1)C(=O)OC(C)(C)C.CCCCCCCCCCCCCCN.CCCCCCCCCCCCCCNC(=O)[C@@H](CC(C)C)ONC(=O)c1cccc(C(=O)NO[C@H](CC(C)C)C(=O)NCCCCCCCCCCCCCC)c1.ClCCl. The van der Waals surface area contributed by atoms with Crippen molar-refractivity contribution in [1.82, 2.24) is 43.5 Å². The highest BCUT2D eigenvalue weighted by atomic mass is 35.5. The Labute approximate surface area is 874 Å². The van der Waals surface area contributed by atoms with Crippen molar-refractivity contribution in [1.29, 1.82) is 0 Å². The fourth-order valence-corrected chi connectivity index (χ4v) is 14.6. The van der Waals surface area contributed by atoms with Crippen molar-refractivity contribution in [2.24, 2.45) is 41.2 Å². The molecule has 3 aromatic rings. The summed E-state index contributed by atoms with van der Waals surface area (Å²) in [5.74, 6) is -7.36. The number of hydrogen-bond acceptors (Lipinski definition) is 21. The second-order valence-electron chi connectivity index (χ2n) is 41.6. The number of carbonyl (C=O) groups excluding carboxylic acids is 10. The summed E-state index contributed by atoms with van der Waals surface area (Å²) in [6.45, 7) is 42.2. The first-order valence-electron chi connectivity index (χ1n) is 53.6. The van der Waals surface area contributed by atoms with Gasteiger partial charge in [-0.15, -0.1) is 23.2 Å². The zero-order valence-corrected chi connectivity index (χ0v) is 93.3. The highest BCUT2D eigenvalue weighted by molar-refractivity contribution is 6.40. The number of benzene rings is 3. The number of carboxylic acids is 2. The molecule has 144 heavy (non-hydrogen) atoms. The van der Waals surface area contributed by atoms with Crippen LogP contribution in [0.25, 0.3) is 0 Å². The van der Waals surface area contributed by atoms with Crippen LogP contribution in [0.3, 0.4) is 0 Å². The number of esters is 2. The molecule has 33 heteroatoms. The van der Waals surface area contributed by atoms with Crippen LogP contribution in [0.15, 0.2) is 72.8 Å². The number of amides is 8. The number of carbonyl (C=O) groups is 12. The van der Waals surface area contributed by atoms with Gasteiger partial charge in [0, 0.05) is 46.5 Å². The van der Waals surface area contributed by atoms with Gasteiger partial charge in [0.1, 0.15) is 11.2 Å². The van der Waals surface area contributed by atoms with Gasteiger partial charge in [0.15, 0.2) is 36.6 Å². The molecular weight excluding hydrogens is 1880 g/mol. The van der Waals surface area contributed by atoms with Crippen molar-refractivity contribution >= 4 is 94.3 Å². The number of nitrogens with one attached hydrogen (secondary N) is 8. The van der Waals surface area contributed by atoms with Crippen molar-refractivity contribution in [2.45, 2.75) is 463 Å². The van der Waals surface area contributed by atoms with Crippen LogP contribution in [-0.4, -0.2) is 154 Å². The number of hydrogen-bond donors (Lipinski definition) is 11. The van der Waals surface area contributed by atoms with E-state index in [0.717, 1.165) is 32.2 Å². The van der Waals surface area contributed by atoms with E-state index in [1.807, 2.05) is 83.1 Å². The number of nitrogens with two attached hydrogens (primary N) is 1. The molecule has 0 fully saturated rings. The lowest BCUT2D eigenvalue weighted by Crippen LogP contribution is -2.42. The molecule has 8 amide bonds. The molecule has 0 saturated heterocycles. The predicted molar refractivity (Wildman–Crippen MR) is 572 cm³/mol. The average Bonchev–Trinajstić information content (AvgIpc) is 0.858. The van der Waals surface area contributed by atoms with Crippen LogP contribution in [0.4, 0.5) is 0 Å². The van der Waals surface area contributed by atoms with Gasteiger partial charge in [0.05, 0.1) is 5.34 Å². The number of carboxylic acid groups (broad SMARTS) is 2. The Bertz CT molecular complexity index is 3720. The average molecular weight is 2070 g/mol. The summed E-state index contributed by atoms with van der Waals surface area (Å²) in [6, 6.07) is 17.5. The maximum atomic E-state index is 13.1. The minimum atomic E-state index is -1.21. The molecule has 6 atom stereocenters. The smallest absolute Gasteiger partial charge is 0.338 e. The summed E-state index contributed by atoms with van der Waals surface area (Å²) in [5.41, 5.74) is 18.3. The second kappa shape index (κ2) is 85.5. The van der Waals surface area contributed by atoms with Gasteiger partial charge in [-0.2, -0.15) is 0 Å². The number of alkyl halides is 2. The summed E-state index contributed by atoms with van der Waals surface area (Å²) in [5, 5.41) is 24.4. The van der Waals surface area contributed by atoms with Crippen molar-refractivity contribution in [3.63, 3.8) is 0 Å². The van der Waals surface area contributed by atoms with Crippen LogP contribution in [0.5, 0.6) is 0 Å². The zero-order valence-electron chi connectivity index (χ0n) is 91.8. The van der Waals surface area contributed by atoms with Crippen molar-refractivity contribution in [3.8, 4) is 0 Å². The van der Waals surface area contributed by atoms with E-state index >= 15 is 0 Å². The van der Waals surface area contributed by atoms with E-state index in [1.54, 1.807) is 59.7 Å². The van der Waals surface area contributed by atoms with E-state index in [2.05, 4.69) is 64.3 Å². The van der Waals surface area contributed by atoms with Gasteiger partial charge in [0.25, 0.3) is 47.3 Å². The van der Waals surface area contributed by atoms with Gasteiger partial charge in [0.2, 0.25) is 0 Å². The molecule has 0 aliphatic heterocycles. The van der Waals surface area contributed by atoms with Crippen LogP contribution >= 0.6 is 23.2 Å². The largest absolute Gasteiger partial charge is 0.479 e. The van der Waals surface area contributed by atoms with E-state index in [1.165, 1.54) is 260 Å². The van der Waals surface area contributed by atoms with Crippen LogP contribution in [0.2, 0.25) is 0 Å². The first kappa shape index (κ1) is 138. The maximum Gasteiger partial charge on any atom is 0.338 e. The van der Waals surface area contributed by atoms with Gasteiger partial charge in [-0.25, -0.2) is 52.1 Å². The van der Waals surface area contributed by atoms with E-state index in [-0.39, 0.29) is 98.9 Å². The third-order valence-electron chi connectivity index (χ3n) is 22.2. The molecule has 0 bridgehead atoms. The molecule has 31 nitrogen and oxygen atoms in total. The Morgan fingerprint density at radius 3 is 0.646 bits per heavy atom. The van der Waals surface area contributed by atoms with Crippen molar-refractivity contribution in [2.75, 3.05) is 25.0 Å². The third kappa shape index (κ3) is 76.2. The number of unbranched alkanes of at least 4 members (excludes halogenated alkanes) is 33. The van der Waals surface area contributed by atoms with Crippen LogP contribution in [0, 0.1) is 35.5 Å². The fourth-order valence-electron chi connectivity index (χ4n) is 14.6. The lowest BCUT2D eigenvalue weighted by atomic mass is 10.0. The molecule has 3 aromatic carbocycles. The number of hydroxylamine groups is 6. The standard InChI is InChI=1S/C48H86N4O6.C28H44N2O8.C20H28N2O8.C14H31N.CH2Cl2/c1-7-9-11-13-15-17-19-21-23-25-27-29-34-49-47(55)43(36-39(3)4)57-51-45(53)41-32-31-33-42(38-41)46(54)52-58-44(37-40(5)6)48(56)50-35-30-28-26-24-22-20-18-16-14-12-10-8-2;1-17(2)14-21(25(33)35-27(5,6)7)37-29-23(31)19-12-11-13-20(16-19)24(32)30-38-22(15-18(3)4)26(34)36-28(8,9)10;1-11(2)8-15(19(25)26)29-21-17(23)13-6-5-7-14(10-13)18(24)22-30-16(20(27)28)9-12(3)4;1-2-3-4-5-6-7-8-9-10-11-12-13-14-15;2-1-3/h31-33,38-40,43-44H,7-30,34-37H2,1-6H3,(H,49,55)(H,50,56)(H,51,53)(H,52,54);11-13,16-18,21-22H,14-15H2,1-10H3,(H,29,31)(H,30,32);5-7,10-12,15-16H,8-9H2,1-4H3,(H,21,23)(H,22,24)(H,25,26)(H,27,28);2-15H2,1H3;1H2/t43-,44-;21-,22-;15-,16-;;/m111../s1. The van der Waals surface area contributed by atoms with Crippen LogP contribution in [-0.2, 0) is 67.3 Å². The molecule has 826 valence electrons. The Kier molecular flexibility index (Phi) is 81.7. The first-order valence-corrected chi connectivity index (χ1v) is 54.7. The Hall–Kier alpha value is -8.40. The quantitative estimate of drug-likeness (QED) is 0.0108. The van der Waals surface area contributed by atoms with Crippen molar-refractivity contribution < 1.29 is 106 Å². The topological polar surface area (TPSA) is 441 Å². The molecule has 12 N–H and O–H groups in total. The Morgan fingerprint density at radius 2 is 0.458 bits per heavy atom. The second-order valence-corrected chi connectivity index (χ2v) is 42.4. The number of aliphatic carboxylic acids is 2. The molecule has 3 rings (SSSR count). The summed E-state index contributed by atoms with van der Waals surface area (Å²) in [4.78, 5) is 182. The van der Waals surface area contributed by atoms with E-state index in [4.69, 9.17) is 77.6 Å². The van der Waals surface area contributed by atoms with Gasteiger partial charge in [-0.05, 0) is 196 Å². The summed E-state index contributed by atoms with van der Waals surface area (Å²) < 4.78 is 10.8. The monoisotopic (exact) mass is 2070 g/mol. The molecule has 0 spiro atoms. The molecule has 0 saturated carbocycles. The summed E-state index contributed by atoms with van der Waals surface area (Å²) in [6.07, 6.45) is 42.9. The van der Waals surface area contributed by atoms with Gasteiger partial charge < -0.3 is 36.1 Å². The number of rotatable bonds is 74. The summed E-state index contributed by atoms with van der Waals surface area (Å²) in [7, 11) is 0. The number of ether oxygens (including phenoxy) is 2. The van der Waals surface area contributed by atoms with Gasteiger partial charge in [-0.3, -0.25) is 67.4 Å². The predicted octanol–water partition coefficient (Wildman–Crippen LogP) is 24.1. The molecule has 0 heterocycles. The Morgan fingerprint density at radius 1 is 0.285 bits per heavy atom. The summed E-state index contributed by atoms with van der Waals surface area (Å²) >= 11 is 9.53. The molecular formula is C111H191Cl2N9O22. The lowest BCUT2D eigenvalue weighted by Gasteiger charge is -2.25. The maximum absolute atomic E-state index is 13.1. The van der Waals surface area contributed by atoms with E-state index in [9.17, 15) is 57.5 Å². The van der Waals surface area contributed by atoms with E-state index < -0.39 is 107 Å². The minimum absolute atomic E-state index is 0.0420. The minimum Gasteiger partial charge on any atom is -0.479 e. The van der Waals surface area contributed by atoms with Gasteiger partial charge in [-0.1, -0.05) is 334 Å². The Balaban J connectivity index is 0. The van der Waals surface area contributed by atoms with E-state index in [0.29, 0.717) is 38.8 Å². The molecule has 0 aliphatic carbocycles. The third-order valence-corrected chi connectivity index (χ3v) is 22.2. The fraction of sp³-hybridized carbons (Fsp3) is 0.730. The molecule has 0 aliphatic rings. The molecule has 0 radical (unpaired) electrons.